The number of aliphatic carboxylic acids is 1. The van der Waals surface area contributed by atoms with E-state index in [1.54, 1.807) is 0 Å². The number of aryl methyl sites for hydroxylation is 1. The van der Waals surface area contributed by atoms with E-state index in [1.807, 2.05) is 30.3 Å². The van der Waals surface area contributed by atoms with Crippen molar-refractivity contribution >= 4 is 22.7 Å². The number of ketones is 1. The summed E-state index contributed by atoms with van der Waals surface area (Å²) in [6.45, 7) is 2.17. The van der Waals surface area contributed by atoms with E-state index in [1.165, 1.54) is 12.8 Å². The first-order chi connectivity index (χ1) is 11.6. The molecule has 128 valence electrons. The van der Waals surface area contributed by atoms with Crippen molar-refractivity contribution in [3.63, 3.8) is 0 Å². The molecule has 0 aliphatic heterocycles. The Bertz CT molecular complexity index is 709. The third kappa shape index (κ3) is 5.15. The largest absolute Gasteiger partial charge is 0.481 e. The molecule has 2 rings (SSSR count). The number of fused-ring (bicyclic) bond motifs is 1. The van der Waals surface area contributed by atoms with Gasteiger partial charge in [-0.3, -0.25) is 14.6 Å². The van der Waals surface area contributed by atoms with E-state index in [0.29, 0.717) is 12.0 Å². The Morgan fingerprint density at radius 3 is 2.58 bits per heavy atom. The SMILES string of the molecule is CCCCCCc1nc2ccccc2cc1C(=O)CCCC(=O)O. The zero-order chi connectivity index (χ0) is 17.4. The average Bonchev–Trinajstić information content (AvgIpc) is 2.57. The lowest BCUT2D eigenvalue weighted by Gasteiger charge is -2.10. The van der Waals surface area contributed by atoms with Crippen LogP contribution in [0.25, 0.3) is 10.9 Å². The Morgan fingerprint density at radius 1 is 1.04 bits per heavy atom. The number of rotatable bonds is 10. The summed E-state index contributed by atoms with van der Waals surface area (Å²) in [6.07, 6.45) is 5.97. The predicted molar refractivity (Wildman–Crippen MR) is 95.4 cm³/mol. The van der Waals surface area contributed by atoms with Crippen LogP contribution in [0, 0.1) is 0 Å². The molecule has 1 N–H and O–H groups in total. The molecule has 0 spiro atoms. The molecule has 0 aliphatic carbocycles. The molecule has 4 heteroatoms. The van der Waals surface area contributed by atoms with Crippen molar-refractivity contribution in [3.05, 3.63) is 41.6 Å². The highest BCUT2D eigenvalue weighted by molar-refractivity contribution is 6.00. The van der Waals surface area contributed by atoms with Crippen molar-refractivity contribution in [2.75, 3.05) is 0 Å². The number of carboxylic acid groups (broad SMARTS) is 1. The molecule has 4 nitrogen and oxygen atoms in total. The number of Topliss-reactive ketones (excluding diaryl/α,β-unsaturated/α-hetero) is 1. The van der Waals surface area contributed by atoms with Crippen LogP contribution >= 0.6 is 0 Å². The minimum atomic E-state index is -0.862. The molecule has 2 aromatic rings. The second kappa shape index (κ2) is 9.16. The van der Waals surface area contributed by atoms with E-state index in [0.717, 1.165) is 35.9 Å². The number of unbranched alkanes of at least 4 members (excludes halogenated alkanes) is 3. The fourth-order valence-corrected chi connectivity index (χ4v) is 2.84. The molecular weight excluding hydrogens is 302 g/mol. The van der Waals surface area contributed by atoms with Gasteiger partial charge in [-0.2, -0.15) is 0 Å². The maximum atomic E-state index is 12.5. The average molecular weight is 327 g/mol. The van der Waals surface area contributed by atoms with Crippen LogP contribution in [0.4, 0.5) is 0 Å². The van der Waals surface area contributed by atoms with Gasteiger partial charge in [0.2, 0.25) is 0 Å². The normalized spacial score (nSPS) is 10.9. The third-order valence-corrected chi connectivity index (χ3v) is 4.16. The Kier molecular flexibility index (Phi) is 6.91. The smallest absolute Gasteiger partial charge is 0.303 e. The molecule has 0 aliphatic rings. The highest BCUT2D eigenvalue weighted by Gasteiger charge is 2.14. The number of hydrogen-bond acceptors (Lipinski definition) is 3. The van der Waals surface area contributed by atoms with Crippen molar-refractivity contribution in [1.29, 1.82) is 0 Å². The first kappa shape index (κ1) is 18.1. The van der Waals surface area contributed by atoms with Crippen LogP contribution in [0.2, 0.25) is 0 Å². The van der Waals surface area contributed by atoms with Crippen LogP contribution in [0.5, 0.6) is 0 Å². The molecule has 0 fully saturated rings. The quantitative estimate of drug-likeness (QED) is 0.503. The molecule has 0 saturated carbocycles. The topological polar surface area (TPSA) is 67.3 Å². The minimum Gasteiger partial charge on any atom is -0.481 e. The molecule has 1 aromatic carbocycles. The summed E-state index contributed by atoms with van der Waals surface area (Å²) in [6, 6.07) is 9.72. The Hall–Kier alpha value is -2.23. The number of pyridine rings is 1. The number of carboxylic acids is 1. The van der Waals surface area contributed by atoms with Crippen LogP contribution in [0.1, 0.15) is 67.9 Å². The number of hydrogen-bond donors (Lipinski definition) is 1. The van der Waals surface area contributed by atoms with Crippen LogP contribution in [-0.4, -0.2) is 21.8 Å². The summed E-state index contributed by atoms with van der Waals surface area (Å²) in [7, 11) is 0. The van der Waals surface area contributed by atoms with Gasteiger partial charge >= 0.3 is 5.97 Å². The molecule has 0 radical (unpaired) electrons. The van der Waals surface area contributed by atoms with Gasteiger partial charge in [0.15, 0.2) is 5.78 Å². The summed E-state index contributed by atoms with van der Waals surface area (Å²) in [5.74, 6) is -0.862. The molecule has 0 amide bonds. The van der Waals surface area contributed by atoms with Gasteiger partial charge in [0.05, 0.1) is 11.2 Å². The maximum absolute atomic E-state index is 12.5. The minimum absolute atomic E-state index is 0.00000501. The third-order valence-electron chi connectivity index (χ3n) is 4.16. The van der Waals surface area contributed by atoms with E-state index < -0.39 is 5.97 Å². The number of carbonyl (C=O) groups is 2. The Morgan fingerprint density at radius 2 is 1.83 bits per heavy atom. The number of aromatic nitrogens is 1. The summed E-state index contributed by atoms with van der Waals surface area (Å²) in [4.78, 5) is 27.9. The van der Waals surface area contributed by atoms with Crippen LogP contribution < -0.4 is 0 Å². The van der Waals surface area contributed by atoms with E-state index in [9.17, 15) is 9.59 Å². The van der Waals surface area contributed by atoms with E-state index >= 15 is 0 Å². The molecule has 0 bridgehead atoms. The van der Waals surface area contributed by atoms with Crippen molar-refractivity contribution in [1.82, 2.24) is 4.98 Å². The van der Waals surface area contributed by atoms with Gasteiger partial charge in [0.1, 0.15) is 0 Å². The maximum Gasteiger partial charge on any atom is 0.303 e. The molecule has 24 heavy (non-hydrogen) atoms. The predicted octanol–water partition coefficient (Wildman–Crippen LogP) is 4.80. The van der Waals surface area contributed by atoms with Gasteiger partial charge in [-0.25, -0.2) is 0 Å². The van der Waals surface area contributed by atoms with Crippen molar-refractivity contribution in [3.8, 4) is 0 Å². The number of benzene rings is 1. The zero-order valence-corrected chi connectivity index (χ0v) is 14.3. The molecular formula is C20H25NO3. The van der Waals surface area contributed by atoms with Gasteiger partial charge in [0, 0.05) is 23.8 Å². The highest BCUT2D eigenvalue weighted by Crippen LogP contribution is 2.21. The number of nitrogens with zero attached hydrogens (tertiary/aromatic N) is 1. The molecule has 1 heterocycles. The van der Waals surface area contributed by atoms with Crippen molar-refractivity contribution in [2.24, 2.45) is 0 Å². The summed E-state index contributed by atoms with van der Waals surface area (Å²) in [5.41, 5.74) is 2.42. The van der Waals surface area contributed by atoms with Gasteiger partial charge in [-0.1, -0.05) is 44.4 Å². The summed E-state index contributed by atoms with van der Waals surface area (Å²) >= 11 is 0. The zero-order valence-electron chi connectivity index (χ0n) is 14.3. The van der Waals surface area contributed by atoms with Crippen molar-refractivity contribution in [2.45, 2.75) is 58.3 Å². The standard InChI is InChI=1S/C20H25NO3/c1-2-3-4-5-11-18-16(19(22)12-8-13-20(23)24)14-15-9-6-7-10-17(15)21-18/h6-7,9-10,14H,2-5,8,11-13H2,1H3,(H,23,24). The van der Waals surface area contributed by atoms with Gasteiger partial charge in [-0.05, 0) is 31.4 Å². The van der Waals surface area contributed by atoms with Crippen LogP contribution in [0.15, 0.2) is 30.3 Å². The van der Waals surface area contributed by atoms with E-state index in [2.05, 4.69) is 6.92 Å². The monoisotopic (exact) mass is 327 g/mol. The number of carbonyl (C=O) groups excluding carboxylic acids is 1. The second-order valence-corrected chi connectivity index (χ2v) is 6.16. The molecule has 1 aromatic heterocycles. The Labute approximate surface area is 142 Å². The lowest BCUT2D eigenvalue weighted by Crippen LogP contribution is -2.08. The number of para-hydroxylation sites is 1. The van der Waals surface area contributed by atoms with Crippen LogP contribution in [0.3, 0.4) is 0 Å². The highest BCUT2D eigenvalue weighted by atomic mass is 16.4. The fourth-order valence-electron chi connectivity index (χ4n) is 2.84. The molecule has 0 atom stereocenters. The van der Waals surface area contributed by atoms with Gasteiger partial charge < -0.3 is 5.11 Å². The summed E-state index contributed by atoms with van der Waals surface area (Å²) < 4.78 is 0. The van der Waals surface area contributed by atoms with E-state index in [-0.39, 0.29) is 18.6 Å². The van der Waals surface area contributed by atoms with Crippen LogP contribution in [-0.2, 0) is 11.2 Å². The van der Waals surface area contributed by atoms with Gasteiger partial charge in [-0.15, -0.1) is 0 Å². The summed E-state index contributed by atoms with van der Waals surface area (Å²) in [5, 5.41) is 9.69. The Balaban J connectivity index is 2.19. The molecule has 0 saturated heterocycles. The van der Waals surface area contributed by atoms with E-state index in [4.69, 9.17) is 10.1 Å². The molecule has 0 unspecified atom stereocenters. The first-order valence-corrected chi connectivity index (χ1v) is 8.75. The lowest BCUT2D eigenvalue weighted by molar-refractivity contribution is -0.137. The fraction of sp³-hybridized carbons (Fsp3) is 0.450. The first-order valence-electron chi connectivity index (χ1n) is 8.75. The van der Waals surface area contributed by atoms with Gasteiger partial charge in [0.25, 0.3) is 0 Å². The van der Waals surface area contributed by atoms with Crippen molar-refractivity contribution < 1.29 is 14.7 Å². The lowest BCUT2D eigenvalue weighted by atomic mass is 9.98. The second-order valence-electron chi connectivity index (χ2n) is 6.16.